The van der Waals surface area contributed by atoms with Crippen LogP contribution in [0.15, 0.2) is 30.6 Å². The Labute approximate surface area is 147 Å². The summed E-state index contributed by atoms with van der Waals surface area (Å²) in [6, 6.07) is 2.21. The van der Waals surface area contributed by atoms with Crippen molar-refractivity contribution in [2.24, 2.45) is 0 Å². The lowest BCUT2D eigenvalue weighted by atomic mass is 9.98. The molecule has 146 valence electrons. The predicted octanol–water partition coefficient (Wildman–Crippen LogP) is 3.70. The van der Waals surface area contributed by atoms with Gasteiger partial charge >= 0.3 is 11.8 Å². The van der Waals surface area contributed by atoms with E-state index in [0.717, 1.165) is 6.20 Å². The summed E-state index contributed by atoms with van der Waals surface area (Å²) in [7, 11) is 1.29. The Morgan fingerprint density at radius 3 is 2.26 bits per heavy atom. The molecule has 3 rings (SSSR count). The smallest absolute Gasteiger partial charge is 0.371 e. The maximum absolute atomic E-state index is 13.9. The minimum Gasteiger partial charge on any atom is -0.495 e. The number of ether oxygens (including phenoxy) is 2. The summed E-state index contributed by atoms with van der Waals surface area (Å²) < 4.78 is 92.6. The van der Waals surface area contributed by atoms with E-state index in [1.54, 1.807) is 0 Å². The van der Waals surface area contributed by atoms with Crippen molar-refractivity contribution < 1.29 is 46.0 Å². The predicted molar refractivity (Wildman–Crippen MR) is 77.2 cm³/mol. The molecule has 0 amide bonds. The molecule has 1 aromatic carbocycles. The molecular weight excluding hydrogens is 384 g/mol. The summed E-state index contributed by atoms with van der Waals surface area (Å²) in [5.74, 6) is -15.9. The van der Waals surface area contributed by atoms with Crippen LogP contribution in [0.3, 0.4) is 0 Å². The van der Waals surface area contributed by atoms with Crippen molar-refractivity contribution in [3.8, 4) is 17.2 Å². The number of aliphatic hydroxyl groups is 2. The molecule has 27 heavy (non-hydrogen) atoms. The van der Waals surface area contributed by atoms with Crippen molar-refractivity contribution in [3.05, 3.63) is 47.3 Å². The highest BCUT2D eigenvalue weighted by atomic mass is 19.3. The van der Waals surface area contributed by atoms with Gasteiger partial charge in [0.1, 0.15) is 17.2 Å². The van der Waals surface area contributed by atoms with Crippen molar-refractivity contribution in [1.82, 2.24) is 4.98 Å². The van der Waals surface area contributed by atoms with Crippen LogP contribution in [0.25, 0.3) is 0 Å². The number of fused-ring (bicyclic) bond motifs is 1. The van der Waals surface area contributed by atoms with Crippen LogP contribution in [-0.4, -0.2) is 28.2 Å². The number of halogens is 6. The number of alkyl halides is 6. The molecule has 1 aromatic heterocycles. The van der Waals surface area contributed by atoms with Crippen molar-refractivity contribution >= 4 is 0 Å². The lowest BCUT2D eigenvalue weighted by molar-refractivity contribution is -0.358. The highest BCUT2D eigenvalue weighted by Gasteiger charge is 2.77. The summed E-state index contributed by atoms with van der Waals surface area (Å²) in [6.45, 7) is 0. The average molecular weight is 395 g/mol. The van der Waals surface area contributed by atoms with Gasteiger partial charge in [-0.2, -0.15) is 17.6 Å². The summed E-state index contributed by atoms with van der Waals surface area (Å²) in [5, 5.41) is 19.2. The molecule has 1 aliphatic carbocycles. The Bertz CT molecular complexity index is 887. The number of benzene rings is 1. The zero-order valence-electron chi connectivity index (χ0n) is 13.4. The second-order valence-corrected chi connectivity index (χ2v) is 5.68. The molecule has 0 saturated heterocycles. The van der Waals surface area contributed by atoms with E-state index in [0.29, 0.717) is 12.1 Å². The third-order valence-corrected chi connectivity index (χ3v) is 4.09. The number of hydrogen-bond acceptors (Lipinski definition) is 5. The number of pyridine rings is 1. The highest BCUT2D eigenvalue weighted by Crippen LogP contribution is 2.62. The lowest BCUT2D eigenvalue weighted by Crippen LogP contribution is -2.49. The van der Waals surface area contributed by atoms with E-state index in [4.69, 9.17) is 9.47 Å². The normalized spacial score (nSPS) is 19.0. The quantitative estimate of drug-likeness (QED) is 0.610. The summed E-state index contributed by atoms with van der Waals surface area (Å²) in [5.41, 5.74) is -4.80. The Kier molecular flexibility index (Phi) is 4.27. The van der Waals surface area contributed by atoms with Crippen molar-refractivity contribution in [2.75, 3.05) is 7.11 Å². The van der Waals surface area contributed by atoms with Gasteiger partial charge in [0.25, 0.3) is 12.2 Å². The number of methoxy groups -OCH3 is 1. The number of rotatable bonds is 4. The second kappa shape index (κ2) is 5.99. The van der Waals surface area contributed by atoms with Gasteiger partial charge in [-0.25, -0.2) is 8.78 Å². The molecule has 0 saturated carbocycles. The van der Waals surface area contributed by atoms with Crippen molar-refractivity contribution in [1.29, 1.82) is 0 Å². The molecule has 0 fully saturated rings. The summed E-state index contributed by atoms with van der Waals surface area (Å²) in [4.78, 5) is 3.70. The zero-order valence-corrected chi connectivity index (χ0v) is 13.4. The van der Waals surface area contributed by atoms with E-state index >= 15 is 0 Å². The average Bonchev–Trinajstić information content (AvgIpc) is 2.70. The highest BCUT2D eigenvalue weighted by molar-refractivity contribution is 5.55. The van der Waals surface area contributed by atoms with Crippen LogP contribution in [0, 0.1) is 0 Å². The molecule has 0 bridgehead atoms. The first kappa shape index (κ1) is 19.2. The lowest BCUT2D eigenvalue weighted by Gasteiger charge is -2.28. The minimum atomic E-state index is -5.43. The van der Waals surface area contributed by atoms with Gasteiger partial charge in [0.2, 0.25) is 0 Å². The van der Waals surface area contributed by atoms with Crippen molar-refractivity contribution in [3.63, 3.8) is 0 Å². The van der Waals surface area contributed by atoms with Gasteiger partial charge in [0.05, 0.1) is 25.1 Å². The molecule has 0 atom stereocenters. The van der Waals surface area contributed by atoms with Gasteiger partial charge in [-0.3, -0.25) is 4.98 Å². The fourth-order valence-electron chi connectivity index (χ4n) is 2.78. The first-order valence-electron chi connectivity index (χ1n) is 7.28. The third-order valence-electron chi connectivity index (χ3n) is 4.09. The van der Waals surface area contributed by atoms with Crippen LogP contribution in [0.5, 0.6) is 17.2 Å². The van der Waals surface area contributed by atoms with Gasteiger partial charge in [-0.15, -0.1) is 0 Å². The Morgan fingerprint density at radius 2 is 1.67 bits per heavy atom. The molecule has 11 heteroatoms. The van der Waals surface area contributed by atoms with Crippen LogP contribution in [-0.2, 0) is 11.7 Å². The molecular formula is C16H11F6NO4. The van der Waals surface area contributed by atoms with E-state index < -0.39 is 46.5 Å². The van der Waals surface area contributed by atoms with E-state index in [9.17, 15) is 36.6 Å². The topological polar surface area (TPSA) is 71.8 Å². The van der Waals surface area contributed by atoms with Gasteiger partial charge in [0.15, 0.2) is 0 Å². The molecule has 0 aliphatic heterocycles. The molecule has 1 aliphatic rings. The minimum absolute atomic E-state index is 0.170. The van der Waals surface area contributed by atoms with Gasteiger partial charge < -0.3 is 19.7 Å². The van der Waals surface area contributed by atoms with Gasteiger partial charge in [-0.1, -0.05) is 0 Å². The maximum atomic E-state index is 13.9. The fourth-order valence-corrected chi connectivity index (χ4v) is 2.78. The van der Waals surface area contributed by atoms with Crippen LogP contribution in [0.4, 0.5) is 26.3 Å². The molecule has 0 unspecified atom stereocenters. The van der Waals surface area contributed by atoms with E-state index in [1.165, 1.54) is 19.4 Å². The second-order valence-electron chi connectivity index (χ2n) is 5.68. The Balaban J connectivity index is 2.20. The summed E-state index contributed by atoms with van der Waals surface area (Å²) >= 11 is 0. The first-order chi connectivity index (χ1) is 12.4. The van der Waals surface area contributed by atoms with E-state index in [1.807, 2.05) is 0 Å². The molecule has 0 spiro atoms. The van der Waals surface area contributed by atoms with Crippen molar-refractivity contribution in [2.45, 2.75) is 24.1 Å². The van der Waals surface area contributed by atoms with Gasteiger partial charge in [0, 0.05) is 17.2 Å². The van der Waals surface area contributed by atoms with E-state index in [2.05, 4.69) is 4.98 Å². The summed E-state index contributed by atoms with van der Waals surface area (Å²) in [6.07, 6.45) is -1.30. The van der Waals surface area contributed by atoms with E-state index in [-0.39, 0.29) is 11.5 Å². The molecule has 1 heterocycles. The molecule has 5 nitrogen and oxygen atoms in total. The molecule has 2 N–H and O–H groups in total. The Morgan fingerprint density at radius 1 is 1.04 bits per heavy atom. The fraction of sp³-hybridized carbons (Fsp3) is 0.312. The standard InChI is InChI=1S/C16H11F6NO4/c1-26-7-4-8(6-23-5-7)27-10-3-2-9-12(11(10)13(17)18)15(24,25)16(21,22)14(9,19)20/h2-6,13,24-25H,1H3. The SMILES string of the molecule is COc1cncc(Oc2ccc3c(c2C(F)F)C(O)(O)C(F)(F)C3(F)F)c1. The van der Waals surface area contributed by atoms with Crippen LogP contribution in [0.2, 0.25) is 0 Å². The maximum Gasteiger partial charge on any atom is 0.371 e. The number of aromatic nitrogens is 1. The number of hydrogen-bond donors (Lipinski definition) is 2. The van der Waals surface area contributed by atoms with Gasteiger partial charge in [-0.05, 0) is 12.1 Å². The number of nitrogens with zero attached hydrogens (tertiary/aromatic N) is 1. The van der Waals surface area contributed by atoms with Crippen LogP contribution < -0.4 is 9.47 Å². The Hall–Kier alpha value is -2.53. The molecule has 0 radical (unpaired) electrons. The first-order valence-corrected chi connectivity index (χ1v) is 7.28. The zero-order chi connectivity index (χ0) is 20.2. The third kappa shape index (κ3) is 2.60. The monoisotopic (exact) mass is 395 g/mol. The van der Waals surface area contributed by atoms with Crippen LogP contribution >= 0.6 is 0 Å². The molecule has 2 aromatic rings. The largest absolute Gasteiger partial charge is 0.495 e. The van der Waals surface area contributed by atoms with Crippen LogP contribution in [0.1, 0.15) is 23.1 Å².